The van der Waals surface area contributed by atoms with Crippen molar-refractivity contribution < 1.29 is 20.1 Å². The number of hydrogen-bond acceptors (Lipinski definition) is 5. The molecule has 0 radical (unpaired) electrons. The van der Waals surface area contributed by atoms with Crippen molar-refractivity contribution in [2.45, 2.75) is 75.9 Å². The fourth-order valence-electron chi connectivity index (χ4n) is 10.1. The minimum absolute atomic E-state index is 0.0657. The number of rotatable bonds is 2. The van der Waals surface area contributed by atoms with Gasteiger partial charge in [0, 0.05) is 49.3 Å². The van der Waals surface area contributed by atoms with E-state index in [1.54, 1.807) is 7.11 Å². The Kier molecular flexibility index (Phi) is 3.33. The van der Waals surface area contributed by atoms with Crippen LogP contribution >= 0.6 is 0 Å². The zero-order valence-electron chi connectivity index (χ0n) is 16.8. The number of ether oxygens (including phenoxy) is 1. The van der Waals surface area contributed by atoms with Crippen LogP contribution in [-0.4, -0.2) is 70.4 Å². The van der Waals surface area contributed by atoms with Crippen LogP contribution in [0.5, 0.6) is 0 Å². The summed E-state index contributed by atoms with van der Waals surface area (Å²) in [4.78, 5) is 2.60. The van der Waals surface area contributed by atoms with Crippen molar-refractivity contribution in [2.75, 3.05) is 20.2 Å². The zero-order chi connectivity index (χ0) is 18.9. The van der Waals surface area contributed by atoms with E-state index in [4.69, 9.17) is 4.74 Å². The minimum Gasteiger partial charge on any atom is -0.392 e. The maximum atomic E-state index is 12.1. The van der Waals surface area contributed by atoms with Gasteiger partial charge in [0.1, 0.15) is 0 Å². The lowest BCUT2D eigenvalue weighted by Gasteiger charge is -2.68. The maximum Gasteiger partial charge on any atom is 0.0771 e. The molecule has 1 heterocycles. The Hall–Kier alpha value is -0.200. The summed E-state index contributed by atoms with van der Waals surface area (Å²) in [7, 11) is 1.73. The van der Waals surface area contributed by atoms with Crippen molar-refractivity contribution in [1.82, 2.24) is 4.90 Å². The van der Waals surface area contributed by atoms with E-state index < -0.39 is 11.7 Å². The molecular weight excluding hydrogens is 342 g/mol. The lowest BCUT2D eigenvalue weighted by Crippen LogP contribution is -2.75. The van der Waals surface area contributed by atoms with Gasteiger partial charge in [-0.05, 0) is 49.5 Å². The monoisotopic (exact) mass is 377 g/mol. The number of aliphatic hydroxyl groups excluding tert-OH is 2. The van der Waals surface area contributed by atoms with Crippen molar-refractivity contribution in [3.63, 3.8) is 0 Å². The normalized spacial score (nSPS) is 66.2. The Morgan fingerprint density at radius 1 is 1.19 bits per heavy atom. The van der Waals surface area contributed by atoms with E-state index in [1.165, 1.54) is 0 Å². The second-order valence-corrected chi connectivity index (χ2v) is 11.1. The zero-order valence-corrected chi connectivity index (χ0v) is 16.8. The van der Waals surface area contributed by atoms with Gasteiger partial charge in [-0.15, -0.1) is 0 Å². The van der Waals surface area contributed by atoms with Crippen LogP contribution in [0.2, 0.25) is 0 Å². The fraction of sp³-hybridized carbons (Fsp3) is 1.00. The molecule has 5 heteroatoms. The third kappa shape index (κ3) is 1.66. The van der Waals surface area contributed by atoms with Gasteiger partial charge in [-0.3, -0.25) is 4.90 Å². The van der Waals surface area contributed by atoms with Gasteiger partial charge in [-0.25, -0.2) is 0 Å². The molecule has 0 aromatic carbocycles. The molecule has 0 aromatic heterocycles. The smallest absolute Gasteiger partial charge is 0.0771 e. The highest BCUT2D eigenvalue weighted by molar-refractivity contribution is 5.32. The van der Waals surface area contributed by atoms with E-state index in [1.807, 2.05) is 0 Å². The summed E-state index contributed by atoms with van der Waals surface area (Å²) in [5.74, 6) is 0.840. The number of nitrogens with zero attached hydrogens (tertiary/aromatic N) is 1. The quantitative estimate of drug-likeness (QED) is 0.676. The van der Waals surface area contributed by atoms with Gasteiger partial charge in [0.25, 0.3) is 0 Å². The average Bonchev–Trinajstić information content (AvgIpc) is 3.07. The third-order valence-corrected chi connectivity index (χ3v) is 10.7. The first kappa shape index (κ1) is 17.6. The topological polar surface area (TPSA) is 73.2 Å². The second kappa shape index (κ2) is 5.10. The lowest BCUT2D eigenvalue weighted by atomic mass is 9.43. The highest BCUT2D eigenvalue weighted by Crippen LogP contribution is 2.78. The predicted octanol–water partition coefficient (Wildman–Crippen LogP) is 1.25. The SMILES string of the molecule is CCN1C[C@]2(C)CC[C@H](O)[C@@]34[C@@H]5C[C@H]6[C@H](O)[C@@H]5[C@](O)(C[C@@H]6OC)[C@@H](C[C@H]23)[C@@H]14. The largest absolute Gasteiger partial charge is 0.392 e. The van der Waals surface area contributed by atoms with E-state index in [0.717, 1.165) is 38.8 Å². The minimum atomic E-state index is -0.858. The van der Waals surface area contributed by atoms with Crippen molar-refractivity contribution in [1.29, 1.82) is 0 Å². The number of aliphatic hydroxyl groups is 3. The van der Waals surface area contributed by atoms with E-state index in [2.05, 4.69) is 18.7 Å². The summed E-state index contributed by atoms with van der Waals surface area (Å²) in [6.07, 6.45) is 3.66. The number of methoxy groups -OCH3 is 1. The molecule has 5 saturated carbocycles. The highest BCUT2D eigenvalue weighted by Gasteiger charge is 2.82. The number of piperidine rings is 1. The molecule has 5 aliphatic carbocycles. The molecule has 3 N–H and O–H groups in total. The van der Waals surface area contributed by atoms with Crippen molar-refractivity contribution in [2.24, 2.45) is 40.4 Å². The van der Waals surface area contributed by atoms with Crippen molar-refractivity contribution >= 4 is 0 Å². The molecule has 0 unspecified atom stereocenters. The van der Waals surface area contributed by atoms with Crippen LogP contribution in [0.1, 0.15) is 46.0 Å². The van der Waals surface area contributed by atoms with E-state index in [-0.39, 0.29) is 52.8 Å². The van der Waals surface area contributed by atoms with Crippen LogP contribution in [0.25, 0.3) is 0 Å². The molecule has 1 saturated heterocycles. The van der Waals surface area contributed by atoms with Gasteiger partial charge in [0.2, 0.25) is 0 Å². The van der Waals surface area contributed by atoms with E-state index in [0.29, 0.717) is 12.3 Å². The molecule has 7 bridgehead atoms. The standard InChI is InChI=1S/C22H35NO4/c1-4-23-10-20(2)6-5-16(24)22-12-7-11-14(27-3)9-21(26,17(12)18(11)25)13(19(22)23)8-15(20)22/h11-19,24-26H,4-10H2,1-3H3/t11-,12-,13+,14+,15-,16+,17-,18+,19-,20+,21+,22-/m1/s1. The molecule has 5 nitrogen and oxygen atoms in total. The summed E-state index contributed by atoms with van der Waals surface area (Å²) in [5, 5.41) is 34.9. The highest BCUT2D eigenvalue weighted by atomic mass is 16.5. The Morgan fingerprint density at radius 2 is 1.96 bits per heavy atom. The first-order valence-corrected chi connectivity index (χ1v) is 11.2. The van der Waals surface area contributed by atoms with E-state index in [9.17, 15) is 15.3 Å². The van der Waals surface area contributed by atoms with Crippen molar-refractivity contribution in [3.8, 4) is 0 Å². The van der Waals surface area contributed by atoms with E-state index >= 15 is 0 Å². The summed E-state index contributed by atoms with van der Waals surface area (Å²) in [6, 6.07) is 0.253. The van der Waals surface area contributed by atoms with Crippen LogP contribution in [0.15, 0.2) is 0 Å². The first-order chi connectivity index (χ1) is 12.8. The van der Waals surface area contributed by atoms with Gasteiger partial charge in [0.15, 0.2) is 0 Å². The Balaban J connectivity index is 1.59. The molecule has 152 valence electrons. The van der Waals surface area contributed by atoms with Gasteiger partial charge in [0.05, 0.1) is 23.9 Å². The third-order valence-electron chi connectivity index (χ3n) is 10.7. The Labute approximate surface area is 162 Å². The van der Waals surface area contributed by atoms with Gasteiger partial charge in [-0.2, -0.15) is 0 Å². The molecule has 0 amide bonds. The summed E-state index contributed by atoms with van der Waals surface area (Å²) >= 11 is 0. The summed E-state index contributed by atoms with van der Waals surface area (Å²) in [5.41, 5.74) is -0.788. The average molecular weight is 378 g/mol. The van der Waals surface area contributed by atoms with Gasteiger partial charge >= 0.3 is 0 Å². The van der Waals surface area contributed by atoms with Gasteiger partial charge < -0.3 is 20.1 Å². The number of likely N-dealkylation sites (tertiary alicyclic amines) is 1. The van der Waals surface area contributed by atoms with Crippen LogP contribution in [0, 0.1) is 40.4 Å². The summed E-state index contributed by atoms with van der Waals surface area (Å²) < 4.78 is 5.79. The molecule has 6 rings (SSSR count). The second-order valence-electron chi connectivity index (χ2n) is 11.1. The lowest BCUT2D eigenvalue weighted by molar-refractivity contribution is -0.266. The Morgan fingerprint density at radius 3 is 2.67 bits per heavy atom. The molecule has 6 aliphatic rings. The molecule has 12 atom stereocenters. The van der Waals surface area contributed by atoms with Crippen LogP contribution < -0.4 is 0 Å². The maximum absolute atomic E-state index is 12.1. The van der Waals surface area contributed by atoms with Crippen molar-refractivity contribution in [3.05, 3.63) is 0 Å². The number of fused-ring (bicyclic) bond motifs is 2. The number of hydrogen-bond donors (Lipinski definition) is 3. The predicted molar refractivity (Wildman–Crippen MR) is 99.9 cm³/mol. The molecule has 1 aliphatic heterocycles. The molecule has 0 aromatic rings. The van der Waals surface area contributed by atoms with Crippen LogP contribution in [0.4, 0.5) is 0 Å². The Bertz CT molecular complexity index is 673. The fourth-order valence-corrected chi connectivity index (χ4v) is 10.1. The van der Waals surface area contributed by atoms with Gasteiger partial charge in [-0.1, -0.05) is 13.8 Å². The molecular formula is C22H35NO4. The van der Waals surface area contributed by atoms with Crippen LogP contribution in [0.3, 0.4) is 0 Å². The molecule has 1 spiro atoms. The first-order valence-electron chi connectivity index (χ1n) is 11.2. The molecule has 27 heavy (non-hydrogen) atoms. The summed E-state index contributed by atoms with van der Waals surface area (Å²) in [6.45, 7) is 6.74. The van der Waals surface area contributed by atoms with Crippen LogP contribution in [-0.2, 0) is 4.74 Å². The molecule has 6 fully saturated rings.